The maximum atomic E-state index is 15.0. The molecule has 5 aromatic rings. The molecule has 11 nitrogen and oxygen atoms in total. The summed E-state index contributed by atoms with van der Waals surface area (Å²) in [5.74, 6) is -2.15. The molecule has 2 aliphatic carbocycles. The minimum atomic E-state index is -0.871. The van der Waals surface area contributed by atoms with E-state index < -0.39 is 34.5 Å². The number of carbonyl (C=O) groups is 2. The summed E-state index contributed by atoms with van der Waals surface area (Å²) in [5.41, 5.74) is 1.70. The Hall–Kier alpha value is -5.72. The summed E-state index contributed by atoms with van der Waals surface area (Å²) in [6.07, 6.45) is 6.10. The fourth-order valence-corrected chi connectivity index (χ4v) is 6.80. The van der Waals surface area contributed by atoms with Crippen molar-refractivity contribution in [3.8, 4) is 11.5 Å². The molecule has 1 saturated carbocycles. The monoisotopic (exact) mass is 708 g/mol. The van der Waals surface area contributed by atoms with Gasteiger partial charge in [0.25, 0.3) is 5.56 Å². The maximum Gasteiger partial charge on any atom is 0.407 e. The van der Waals surface area contributed by atoms with Gasteiger partial charge in [0.1, 0.15) is 11.4 Å². The summed E-state index contributed by atoms with van der Waals surface area (Å²) in [4.78, 5) is 51.3. The van der Waals surface area contributed by atoms with Crippen LogP contribution in [0, 0.1) is 11.6 Å². The molecule has 1 atom stereocenters. The van der Waals surface area contributed by atoms with E-state index in [1.54, 1.807) is 45.2 Å². The highest BCUT2D eigenvalue weighted by Crippen LogP contribution is 2.52. The molecule has 7 rings (SSSR count). The van der Waals surface area contributed by atoms with Gasteiger partial charge in [-0.1, -0.05) is 18.2 Å². The molecule has 3 heterocycles. The number of para-hydroxylation sites is 1. The van der Waals surface area contributed by atoms with Crippen LogP contribution in [0.3, 0.4) is 0 Å². The molecule has 0 radical (unpaired) electrons. The minimum Gasteiger partial charge on any atom is -0.450 e. The Morgan fingerprint density at radius 2 is 1.81 bits per heavy atom. The number of halogens is 2. The highest BCUT2D eigenvalue weighted by atomic mass is 19.1. The maximum absolute atomic E-state index is 15.0. The second-order valence-electron chi connectivity index (χ2n) is 14.2. The van der Waals surface area contributed by atoms with Crippen molar-refractivity contribution >= 4 is 22.8 Å². The largest absolute Gasteiger partial charge is 0.450 e. The number of ether oxygens (including phenoxy) is 2. The summed E-state index contributed by atoms with van der Waals surface area (Å²) in [6, 6.07) is 15.7. The molecule has 268 valence electrons. The summed E-state index contributed by atoms with van der Waals surface area (Å²) in [6.45, 7) is 5.44. The normalized spacial score (nSPS) is 16.1. The third-order valence-corrected chi connectivity index (χ3v) is 9.45. The minimum absolute atomic E-state index is 0.00181. The van der Waals surface area contributed by atoms with Crippen LogP contribution in [0.4, 0.5) is 13.6 Å². The summed E-state index contributed by atoms with van der Waals surface area (Å²) >= 11 is 0. The number of carbonyl (C=O) groups excluding carboxylic acids is 2. The van der Waals surface area contributed by atoms with Crippen LogP contribution in [0.5, 0.6) is 11.5 Å². The lowest BCUT2D eigenvalue weighted by Crippen LogP contribution is -2.43. The Kier molecular flexibility index (Phi) is 9.20. The number of rotatable bonds is 9. The van der Waals surface area contributed by atoms with E-state index in [1.165, 1.54) is 12.3 Å². The molecule has 2 N–H and O–H groups in total. The van der Waals surface area contributed by atoms with Gasteiger partial charge in [-0.05, 0) is 106 Å². The second-order valence-corrected chi connectivity index (χ2v) is 14.2. The third kappa shape index (κ3) is 7.07. The van der Waals surface area contributed by atoms with E-state index in [-0.39, 0.29) is 36.3 Å². The van der Waals surface area contributed by atoms with Gasteiger partial charge in [-0.2, -0.15) is 5.10 Å². The fraction of sp³-hybridized carbons (Fsp3) is 0.333. The molecule has 0 spiro atoms. The Bertz CT molecular complexity index is 2190. The van der Waals surface area contributed by atoms with Crippen molar-refractivity contribution in [2.75, 3.05) is 0 Å². The zero-order chi connectivity index (χ0) is 36.6. The standard InChI is InChI=1S/C39H38F2N6O5/c1-38(2,3)52-37(50)44-21-31-28-19-24(12-15-27(28)35(48)46-45-31)39(16-17-39)36(49)47(32-11-4-7-23-8-6-18-42-33(23)32)22-25-13-14-26(20-43-25)51-34-29(40)9-5-10-30(34)41/h5-6,8-10,12-15,18-20,32H,4,7,11,16-17,21-22H2,1-3H3,(H,44,50)(H,46,48)/t32-/m1/s1. The average Bonchev–Trinajstić information content (AvgIpc) is 3.94. The first-order valence-electron chi connectivity index (χ1n) is 17.2. The molecule has 3 aromatic heterocycles. The van der Waals surface area contributed by atoms with E-state index in [0.717, 1.165) is 41.8 Å². The molecular weight excluding hydrogens is 670 g/mol. The van der Waals surface area contributed by atoms with Crippen molar-refractivity contribution in [1.29, 1.82) is 0 Å². The highest BCUT2D eigenvalue weighted by molar-refractivity contribution is 5.94. The number of alkyl carbamates (subject to hydrolysis) is 1. The number of fused-ring (bicyclic) bond motifs is 2. The molecule has 2 aliphatic rings. The Morgan fingerprint density at radius 3 is 2.52 bits per heavy atom. The molecule has 1 fully saturated rings. The lowest BCUT2D eigenvalue weighted by molar-refractivity contribution is -0.137. The van der Waals surface area contributed by atoms with Gasteiger partial charge in [0.2, 0.25) is 5.91 Å². The topological polar surface area (TPSA) is 139 Å². The molecule has 13 heteroatoms. The first-order valence-corrected chi connectivity index (χ1v) is 17.2. The number of H-pyrrole nitrogens is 1. The number of aromatic amines is 1. The van der Waals surface area contributed by atoms with Gasteiger partial charge in [-0.15, -0.1) is 0 Å². The number of amides is 2. The van der Waals surface area contributed by atoms with Gasteiger partial charge >= 0.3 is 6.09 Å². The molecule has 0 bridgehead atoms. The van der Waals surface area contributed by atoms with Crippen molar-refractivity contribution in [2.24, 2.45) is 0 Å². The van der Waals surface area contributed by atoms with Gasteiger partial charge in [-0.3, -0.25) is 19.6 Å². The van der Waals surface area contributed by atoms with Gasteiger partial charge in [-0.25, -0.2) is 18.7 Å². The lowest BCUT2D eigenvalue weighted by Gasteiger charge is -2.37. The lowest BCUT2D eigenvalue weighted by atomic mass is 9.87. The number of aromatic nitrogens is 4. The SMILES string of the molecule is CC(C)(C)OC(=O)NCc1n[nH]c(=O)c2ccc(C3(C(=O)N(Cc4ccc(Oc5c(F)cccc5F)cn4)[C@@H]4CCCc5cccnc54)CC3)cc12. The van der Waals surface area contributed by atoms with Crippen molar-refractivity contribution in [2.45, 2.75) is 83.0 Å². The predicted octanol–water partition coefficient (Wildman–Crippen LogP) is 6.95. The molecular formula is C39H38F2N6O5. The number of nitrogens with one attached hydrogen (secondary N) is 2. The van der Waals surface area contributed by atoms with Crippen LogP contribution in [-0.4, -0.2) is 42.7 Å². The van der Waals surface area contributed by atoms with Crippen LogP contribution in [0.1, 0.15) is 80.7 Å². The Morgan fingerprint density at radius 1 is 1.02 bits per heavy atom. The van der Waals surface area contributed by atoms with Crippen LogP contribution in [-0.2, 0) is 34.5 Å². The van der Waals surface area contributed by atoms with Crippen LogP contribution in [0.25, 0.3) is 10.8 Å². The van der Waals surface area contributed by atoms with Crippen molar-refractivity contribution in [3.63, 3.8) is 0 Å². The Labute approximate surface area is 298 Å². The number of hydrogen-bond donors (Lipinski definition) is 2. The summed E-state index contributed by atoms with van der Waals surface area (Å²) in [5, 5.41) is 10.3. The van der Waals surface area contributed by atoms with Crippen LogP contribution in [0.2, 0.25) is 0 Å². The number of aryl methyl sites for hydroxylation is 1. The second kappa shape index (κ2) is 13.8. The molecule has 0 aliphatic heterocycles. The Balaban J connectivity index is 1.21. The quantitative estimate of drug-likeness (QED) is 0.168. The summed E-state index contributed by atoms with van der Waals surface area (Å²) < 4.78 is 39.3. The van der Waals surface area contributed by atoms with E-state index in [9.17, 15) is 23.2 Å². The van der Waals surface area contributed by atoms with E-state index in [0.29, 0.717) is 41.4 Å². The van der Waals surface area contributed by atoms with E-state index >= 15 is 0 Å². The van der Waals surface area contributed by atoms with Gasteiger partial charge in [0.15, 0.2) is 17.4 Å². The van der Waals surface area contributed by atoms with Crippen molar-refractivity contribution in [1.82, 2.24) is 30.4 Å². The first-order chi connectivity index (χ1) is 24.9. The smallest absolute Gasteiger partial charge is 0.407 e. The van der Waals surface area contributed by atoms with Crippen molar-refractivity contribution < 1.29 is 27.8 Å². The summed E-state index contributed by atoms with van der Waals surface area (Å²) in [7, 11) is 0. The average molecular weight is 709 g/mol. The van der Waals surface area contributed by atoms with E-state index in [1.807, 2.05) is 29.2 Å². The van der Waals surface area contributed by atoms with E-state index in [2.05, 4.69) is 20.5 Å². The number of hydrogen-bond acceptors (Lipinski definition) is 8. The zero-order valence-corrected chi connectivity index (χ0v) is 29.0. The number of pyridine rings is 2. The van der Waals surface area contributed by atoms with Gasteiger partial charge in [0, 0.05) is 11.6 Å². The number of benzene rings is 2. The molecule has 2 aromatic carbocycles. The highest BCUT2D eigenvalue weighted by Gasteiger charge is 2.54. The molecule has 2 amide bonds. The third-order valence-electron chi connectivity index (χ3n) is 9.45. The first kappa shape index (κ1) is 34.7. The van der Waals surface area contributed by atoms with Crippen LogP contribution >= 0.6 is 0 Å². The zero-order valence-electron chi connectivity index (χ0n) is 29.0. The fourth-order valence-electron chi connectivity index (χ4n) is 6.80. The van der Waals surface area contributed by atoms with Crippen molar-refractivity contribution in [3.05, 3.63) is 123 Å². The van der Waals surface area contributed by atoms with Crippen LogP contribution < -0.4 is 15.6 Å². The molecule has 0 unspecified atom stereocenters. The number of nitrogens with zero attached hydrogens (tertiary/aromatic N) is 4. The van der Waals surface area contributed by atoms with Gasteiger partial charge < -0.3 is 19.7 Å². The molecule has 52 heavy (non-hydrogen) atoms. The van der Waals surface area contributed by atoms with Crippen LogP contribution in [0.15, 0.2) is 77.9 Å². The van der Waals surface area contributed by atoms with E-state index in [4.69, 9.17) is 14.5 Å². The predicted molar refractivity (Wildman–Crippen MR) is 187 cm³/mol. The molecule has 0 saturated heterocycles. The van der Waals surface area contributed by atoms with Gasteiger partial charge in [0.05, 0.1) is 53.2 Å².